The third-order valence-corrected chi connectivity index (χ3v) is 5.32. The van der Waals surface area contributed by atoms with Gasteiger partial charge in [0.25, 0.3) is 5.92 Å². The summed E-state index contributed by atoms with van der Waals surface area (Å²) < 4.78 is 75.3. The van der Waals surface area contributed by atoms with Gasteiger partial charge in [-0.15, -0.1) is 0 Å². The Hall–Kier alpha value is -0.880. The lowest BCUT2D eigenvalue weighted by Gasteiger charge is -2.47. The van der Waals surface area contributed by atoms with E-state index in [2.05, 4.69) is 0 Å². The maximum Gasteiger partial charge on any atom is 0.411 e. The molecular weight excluding hydrogens is 307 g/mol. The lowest BCUT2D eigenvalue weighted by Crippen LogP contribution is -2.64. The van der Waals surface area contributed by atoms with Crippen molar-refractivity contribution < 1.29 is 31.5 Å². The van der Waals surface area contributed by atoms with Gasteiger partial charge < -0.3 is 4.74 Å². The summed E-state index contributed by atoms with van der Waals surface area (Å²) in [6.07, 6.45) is -5.65. The van der Waals surface area contributed by atoms with Crippen LogP contribution in [0.15, 0.2) is 0 Å². The number of carbonyl (C=O) groups is 1. The molecule has 22 heavy (non-hydrogen) atoms. The molecule has 2 nitrogen and oxygen atoms in total. The molecule has 2 rings (SSSR count). The van der Waals surface area contributed by atoms with Crippen molar-refractivity contribution in [2.24, 2.45) is 29.1 Å². The van der Waals surface area contributed by atoms with Crippen molar-refractivity contribution in [1.82, 2.24) is 0 Å². The number of alkyl halides is 5. The van der Waals surface area contributed by atoms with Gasteiger partial charge in [-0.1, -0.05) is 13.8 Å². The van der Waals surface area contributed by atoms with Crippen molar-refractivity contribution in [3.8, 4) is 0 Å². The third kappa shape index (κ3) is 1.99. The van der Waals surface area contributed by atoms with E-state index in [0.29, 0.717) is 0 Å². The molecule has 128 valence electrons. The Balaban J connectivity index is 2.59. The topological polar surface area (TPSA) is 26.3 Å². The first kappa shape index (κ1) is 17.5. The second-order valence-corrected chi connectivity index (χ2v) is 7.60. The molecule has 2 fully saturated rings. The summed E-state index contributed by atoms with van der Waals surface area (Å²) in [5, 5.41) is 0. The standard InChI is InChI=1S/C15H21F5O2/c1-7-8(2)10-6-9(7)13(14(10,16)17,15(18,19)20)11(21)22-12(3,4)5/h7-10H,6H2,1-5H3. The van der Waals surface area contributed by atoms with Gasteiger partial charge in [0.2, 0.25) is 5.41 Å². The van der Waals surface area contributed by atoms with E-state index in [-0.39, 0.29) is 6.42 Å². The first-order valence-corrected chi connectivity index (χ1v) is 7.36. The highest BCUT2D eigenvalue weighted by Crippen LogP contribution is 2.73. The van der Waals surface area contributed by atoms with Crippen molar-refractivity contribution in [2.45, 2.75) is 58.7 Å². The Labute approximate surface area is 126 Å². The molecule has 7 heteroatoms. The molecule has 2 aliphatic rings. The van der Waals surface area contributed by atoms with Crippen LogP contribution in [0.3, 0.4) is 0 Å². The predicted molar refractivity (Wildman–Crippen MR) is 69.2 cm³/mol. The molecule has 0 saturated heterocycles. The van der Waals surface area contributed by atoms with Crippen molar-refractivity contribution in [1.29, 1.82) is 0 Å². The fraction of sp³-hybridized carbons (Fsp3) is 0.933. The molecule has 0 amide bonds. The van der Waals surface area contributed by atoms with Crippen molar-refractivity contribution >= 4 is 5.97 Å². The van der Waals surface area contributed by atoms with E-state index in [9.17, 15) is 26.7 Å². The third-order valence-electron chi connectivity index (χ3n) is 5.32. The van der Waals surface area contributed by atoms with Gasteiger partial charge in [-0.25, -0.2) is 8.78 Å². The van der Waals surface area contributed by atoms with E-state index < -0.39 is 52.8 Å². The van der Waals surface area contributed by atoms with Crippen LogP contribution in [0.25, 0.3) is 0 Å². The van der Waals surface area contributed by atoms with Gasteiger partial charge in [-0.2, -0.15) is 13.2 Å². The number of rotatable bonds is 1. The molecule has 0 aromatic rings. The van der Waals surface area contributed by atoms with E-state index in [1.165, 1.54) is 34.6 Å². The minimum absolute atomic E-state index is 0.298. The molecule has 5 unspecified atom stereocenters. The molecule has 0 aromatic carbocycles. The van der Waals surface area contributed by atoms with E-state index in [1.54, 1.807) is 0 Å². The van der Waals surface area contributed by atoms with Crippen LogP contribution >= 0.6 is 0 Å². The summed E-state index contributed by atoms with van der Waals surface area (Å²) >= 11 is 0. The normalized spacial score (nSPS) is 40.8. The molecule has 2 aliphatic carbocycles. The average Bonchev–Trinajstić information content (AvgIpc) is 2.67. The monoisotopic (exact) mass is 328 g/mol. The number of esters is 1. The summed E-state index contributed by atoms with van der Waals surface area (Å²) in [6.45, 7) is 7.14. The van der Waals surface area contributed by atoms with Crippen LogP contribution in [0, 0.1) is 29.1 Å². The van der Waals surface area contributed by atoms with Gasteiger partial charge in [0.15, 0.2) is 0 Å². The zero-order valence-electron chi connectivity index (χ0n) is 13.2. The zero-order chi connectivity index (χ0) is 17.3. The van der Waals surface area contributed by atoms with Crippen LogP contribution in [-0.2, 0) is 9.53 Å². The van der Waals surface area contributed by atoms with E-state index >= 15 is 0 Å². The van der Waals surface area contributed by atoms with Crippen LogP contribution in [0.4, 0.5) is 22.0 Å². The molecule has 0 radical (unpaired) electrons. The molecule has 0 N–H and O–H groups in total. The van der Waals surface area contributed by atoms with Gasteiger partial charge in [-0.05, 0) is 44.9 Å². The Morgan fingerprint density at radius 1 is 1.05 bits per heavy atom. The highest BCUT2D eigenvalue weighted by atomic mass is 19.4. The fourth-order valence-corrected chi connectivity index (χ4v) is 4.19. The van der Waals surface area contributed by atoms with Crippen LogP contribution in [0.5, 0.6) is 0 Å². The predicted octanol–water partition coefficient (Wildman–Crippen LogP) is 4.43. The van der Waals surface area contributed by atoms with Crippen molar-refractivity contribution in [3.05, 3.63) is 0 Å². The minimum atomic E-state index is -5.35. The number of fused-ring (bicyclic) bond motifs is 2. The number of hydrogen-bond donors (Lipinski definition) is 0. The molecule has 0 aromatic heterocycles. The van der Waals surface area contributed by atoms with Crippen LogP contribution in [0.2, 0.25) is 0 Å². The molecule has 5 atom stereocenters. The average molecular weight is 328 g/mol. The van der Waals surface area contributed by atoms with Gasteiger partial charge >= 0.3 is 12.1 Å². The van der Waals surface area contributed by atoms with E-state index in [4.69, 9.17) is 4.74 Å². The Morgan fingerprint density at radius 2 is 1.50 bits per heavy atom. The second kappa shape index (κ2) is 4.57. The molecule has 0 heterocycles. The fourth-order valence-electron chi connectivity index (χ4n) is 4.19. The molecular formula is C15H21F5O2. The van der Waals surface area contributed by atoms with Crippen molar-refractivity contribution in [2.75, 3.05) is 0 Å². The van der Waals surface area contributed by atoms with Crippen molar-refractivity contribution in [3.63, 3.8) is 0 Å². The summed E-state index contributed by atoms with van der Waals surface area (Å²) in [5.41, 5.74) is -4.99. The summed E-state index contributed by atoms with van der Waals surface area (Å²) in [6, 6.07) is 0. The SMILES string of the molecule is CC1C(C)C2CC1C(F)(F)C2(C(=O)OC(C)(C)C)C(F)(F)F. The number of hydrogen-bond acceptors (Lipinski definition) is 2. The van der Waals surface area contributed by atoms with Crippen LogP contribution < -0.4 is 0 Å². The Bertz CT molecular complexity index is 479. The summed E-state index contributed by atoms with van der Waals surface area (Å²) in [4.78, 5) is 12.3. The van der Waals surface area contributed by atoms with Gasteiger partial charge in [-0.3, -0.25) is 4.79 Å². The van der Waals surface area contributed by atoms with E-state index in [1.807, 2.05) is 0 Å². The summed E-state index contributed by atoms with van der Waals surface area (Å²) in [7, 11) is 0. The molecule has 2 bridgehead atoms. The first-order chi connectivity index (χ1) is 9.68. The van der Waals surface area contributed by atoms with E-state index in [0.717, 1.165) is 0 Å². The highest BCUT2D eigenvalue weighted by Gasteiger charge is 2.87. The summed E-state index contributed by atoms with van der Waals surface area (Å²) in [5.74, 6) is -10.1. The first-order valence-electron chi connectivity index (χ1n) is 7.36. The quantitative estimate of drug-likeness (QED) is 0.526. The lowest BCUT2D eigenvalue weighted by molar-refractivity contribution is -0.322. The molecule has 0 spiro atoms. The second-order valence-electron chi connectivity index (χ2n) is 7.60. The Morgan fingerprint density at radius 3 is 1.86 bits per heavy atom. The lowest BCUT2D eigenvalue weighted by atomic mass is 9.62. The maximum absolute atomic E-state index is 14.7. The number of halogens is 5. The number of ether oxygens (including phenoxy) is 1. The highest BCUT2D eigenvalue weighted by molar-refractivity contribution is 5.81. The largest absolute Gasteiger partial charge is 0.459 e. The smallest absolute Gasteiger partial charge is 0.411 e. The van der Waals surface area contributed by atoms with Gasteiger partial charge in [0.1, 0.15) is 5.60 Å². The Kier molecular flexibility index (Phi) is 3.63. The zero-order valence-corrected chi connectivity index (χ0v) is 13.2. The van der Waals surface area contributed by atoms with Crippen LogP contribution in [-0.4, -0.2) is 23.7 Å². The molecule has 2 saturated carbocycles. The number of carbonyl (C=O) groups excluding carboxylic acids is 1. The maximum atomic E-state index is 14.7. The van der Waals surface area contributed by atoms with Gasteiger partial charge in [0, 0.05) is 5.92 Å². The minimum Gasteiger partial charge on any atom is -0.459 e. The van der Waals surface area contributed by atoms with Crippen LogP contribution in [0.1, 0.15) is 41.0 Å². The van der Waals surface area contributed by atoms with Gasteiger partial charge in [0.05, 0.1) is 0 Å². The molecule has 0 aliphatic heterocycles.